The van der Waals surface area contributed by atoms with E-state index in [0.717, 1.165) is 27.7 Å². The summed E-state index contributed by atoms with van der Waals surface area (Å²) in [6.45, 7) is 0. The maximum atomic E-state index is 5.62. The van der Waals surface area contributed by atoms with E-state index in [2.05, 4.69) is 9.97 Å². The summed E-state index contributed by atoms with van der Waals surface area (Å²) in [5.41, 5.74) is 1.94. The summed E-state index contributed by atoms with van der Waals surface area (Å²) in [4.78, 5) is 7.64. The minimum atomic E-state index is 0.630. The van der Waals surface area contributed by atoms with Crippen molar-refractivity contribution >= 4 is 34.4 Å². The molecule has 0 atom stereocenters. The molecule has 0 unspecified atom stereocenters. The van der Waals surface area contributed by atoms with Gasteiger partial charge in [-0.3, -0.25) is 0 Å². The number of aromatic amines is 1. The first-order valence-electron chi connectivity index (χ1n) is 4.56. The van der Waals surface area contributed by atoms with Crippen LogP contribution in [0.2, 0.25) is 0 Å². The molecule has 5 heteroatoms. The molecule has 0 bridgehead atoms. The number of hydrogen-bond acceptors (Lipinski definition) is 3. The Morgan fingerprint density at radius 1 is 1.53 bits per heavy atom. The predicted molar refractivity (Wildman–Crippen MR) is 64.1 cm³/mol. The van der Waals surface area contributed by atoms with E-state index in [9.17, 15) is 0 Å². The zero-order valence-corrected chi connectivity index (χ0v) is 9.86. The molecule has 0 saturated heterocycles. The second-order valence-corrected chi connectivity index (χ2v) is 4.42. The Hall–Kier alpha value is -0.870. The number of hydrogen-bond donors (Lipinski definition) is 1. The standard InChI is InChI=1S/C10H11ClN2OS/c1-14-7-2-3-8-9(6-7)13-10(12-8)15-5-4-11/h2-3,6H,4-5H2,1H3,(H,12,13). The molecule has 1 heterocycles. The van der Waals surface area contributed by atoms with Crippen LogP contribution in [0.5, 0.6) is 5.75 Å². The highest BCUT2D eigenvalue weighted by atomic mass is 35.5. The number of thioether (sulfide) groups is 1. The van der Waals surface area contributed by atoms with Crippen molar-refractivity contribution in [1.29, 1.82) is 0 Å². The van der Waals surface area contributed by atoms with E-state index >= 15 is 0 Å². The normalized spacial score (nSPS) is 10.8. The Morgan fingerprint density at radius 3 is 3.13 bits per heavy atom. The first-order chi connectivity index (χ1) is 7.33. The minimum absolute atomic E-state index is 0.630. The Balaban J connectivity index is 2.29. The van der Waals surface area contributed by atoms with Crippen molar-refractivity contribution in [3.8, 4) is 5.75 Å². The Kier molecular flexibility index (Phi) is 3.38. The number of benzene rings is 1. The van der Waals surface area contributed by atoms with Crippen LogP contribution in [0, 0.1) is 0 Å². The summed E-state index contributed by atoms with van der Waals surface area (Å²) in [6, 6.07) is 5.78. The van der Waals surface area contributed by atoms with E-state index in [4.69, 9.17) is 16.3 Å². The largest absolute Gasteiger partial charge is 0.497 e. The van der Waals surface area contributed by atoms with Crippen LogP contribution in [-0.2, 0) is 0 Å². The predicted octanol–water partition coefficient (Wildman–Crippen LogP) is 2.90. The van der Waals surface area contributed by atoms with Crippen molar-refractivity contribution in [3.05, 3.63) is 18.2 Å². The highest BCUT2D eigenvalue weighted by Gasteiger charge is 2.03. The molecule has 0 amide bonds. The van der Waals surface area contributed by atoms with Crippen molar-refractivity contribution < 1.29 is 4.74 Å². The molecule has 0 spiro atoms. The quantitative estimate of drug-likeness (QED) is 0.662. The van der Waals surface area contributed by atoms with E-state index in [-0.39, 0.29) is 0 Å². The molecule has 0 saturated carbocycles. The molecule has 0 radical (unpaired) electrons. The highest BCUT2D eigenvalue weighted by molar-refractivity contribution is 7.99. The molecule has 1 aromatic heterocycles. The molecule has 15 heavy (non-hydrogen) atoms. The van der Waals surface area contributed by atoms with Gasteiger partial charge in [0.15, 0.2) is 5.16 Å². The van der Waals surface area contributed by atoms with Gasteiger partial charge in [0, 0.05) is 17.7 Å². The molecule has 3 nitrogen and oxygen atoms in total. The van der Waals surface area contributed by atoms with E-state index in [0.29, 0.717) is 5.88 Å². The molecule has 2 rings (SSSR count). The van der Waals surface area contributed by atoms with Gasteiger partial charge >= 0.3 is 0 Å². The van der Waals surface area contributed by atoms with Gasteiger partial charge in [0.1, 0.15) is 5.75 Å². The molecule has 1 aromatic carbocycles. The van der Waals surface area contributed by atoms with Gasteiger partial charge in [-0.2, -0.15) is 0 Å². The zero-order valence-electron chi connectivity index (χ0n) is 8.29. The summed E-state index contributed by atoms with van der Waals surface area (Å²) in [6.07, 6.45) is 0. The Bertz CT molecular complexity index is 458. The third-order valence-corrected chi connectivity index (χ3v) is 3.27. The number of H-pyrrole nitrogens is 1. The summed E-state index contributed by atoms with van der Waals surface area (Å²) in [5.74, 6) is 2.32. The SMILES string of the molecule is COc1ccc2nc(SCCCl)[nH]c2c1. The van der Waals surface area contributed by atoms with Gasteiger partial charge in [0.25, 0.3) is 0 Å². The summed E-state index contributed by atoms with van der Waals surface area (Å²) in [5, 5.41) is 0.902. The first-order valence-corrected chi connectivity index (χ1v) is 6.08. The van der Waals surface area contributed by atoms with E-state index in [1.165, 1.54) is 0 Å². The van der Waals surface area contributed by atoms with Gasteiger partial charge < -0.3 is 9.72 Å². The highest BCUT2D eigenvalue weighted by Crippen LogP contribution is 2.22. The van der Waals surface area contributed by atoms with Crippen LogP contribution in [0.3, 0.4) is 0 Å². The molecular formula is C10H11ClN2OS. The average molecular weight is 243 g/mol. The fourth-order valence-electron chi connectivity index (χ4n) is 1.30. The second-order valence-electron chi connectivity index (χ2n) is 2.96. The lowest BCUT2D eigenvalue weighted by Gasteiger charge is -1.96. The van der Waals surface area contributed by atoms with E-state index in [1.807, 2.05) is 18.2 Å². The van der Waals surface area contributed by atoms with Gasteiger partial charge in [0.2, 0.25) is 0 Å². The van der Waals surface area contributed by atoms with E-state index in [1.54, 1.807) is 18.9 Å². The number of nitrogens with one attached hydrogen (secondary N) is 1. The van der Waals surface area contributed by atoms with Crippen LogP contribution in [-0.4, -0.2) is 28.7 Å². The molecule has 1 N–H and O–H groups in total. The van der Waals surface area contributed by atoms with Crippen molar-refractivity contribution in [2.45, 2.75) is 5.16 Å². The van der Waals surface area contributed by atoms with E-state index < -0.39 is 0 Å². The van der Waals surface area contributed by atoms with Gasteiger partial charge in [-0.1, -0.05) is 11.8 Å². The number of aromatic nitrogens is 2. The van der Waals surface area contributed by atoms with Gasteiger partial charge in [-0.05, 0) is 12.1 Å². The number of imidazole rings is 1. The fourth-order valence-corrected chi connectivity index (χ4v) is 2.14. The zero-order chi connectivity index (χ0) is 10.7. The van der Waals surface area contributed by atoms with Crippen molar-refractivity contribution in [2.75, 3.05) is 18.7 Å². The lowest BCUT2D eigenvalue weighted by atomic mass is 10.3. The monoisotopic (exact) mass is 242 g/mol. The van der Waals surface area contributed by atoms with Crippen molar-refractivity contribution in [1.82, 2.24) is 9.97 Å². The summed E-state index contributed by atoms with van der Waals surface area (Å²) < 4.78 is 5.14. The van der Waals surface area contributed by atoms with Gasteiger partial charge in [-0.15, -0.1) is 11.6 Å². The molecule has 0 aliphatic carbocycles. The smallest absolute Gasteiger partial charge is 0.166 e. The molecular weight excluding hydrogens is 232 g/mol. The maximum absolute atomic E-state index is 5.62. The fraction of sp³-hybridized carbons (Fsp3) is 0.300. The van der Waals surface area contributed by atoms with Gasteiger partial charge in [-0.25, -0.2) is 4.98 Å². The topological polar surface area (TPSA) is 37.9 Å². The average Bonchev–Trinajstić information content (AvgIpc) is 2.67. The molecule has 0 fully saturated rings. The van der Waals surface area contributed by atoms with Crippen LogP contribution in [0.25, 0.3) is 11.0 Å². The lowest BCUT2D eigenvalue weighted by Crippen LogP contribution is -1.81. The van der Waals surface area contributed by atoms with Crippen molar-refractivity contribution in [3.63, 3.8) is 0 Å². The number of nitrogens with zero attached hydrogens (tertiary/aromatic N) is 1. The van der Waals surface area contributed by atoms with Crippen LogP contribution in [0.4, 0.5) is 0 Å². The van der Waals surface area contributed by atoms with Crippen molar-refractivity contribution in [2.24, 2.45) is 0 Å². The minimum Gasteiger partial charge on any atom is -0.497 e. The molecule has 0 aliphatic heterocycles. The third kappa shape index (κ3) is 2.38. The maximum Gasteiger partial charge on any atom is 0.166 e. The summed E-state index contributed by atoms with van der Waals surface area (Å²) >= 11 is 7.24. The molecule has 0 aliphatic rings. The lowest BCUT2D eigenvalue weighted by molar-refractivity contribution is 0.415. The Morgan fingerprint density at radius 2 is 2.40 bits per heavy atom. The Labute approximate surface area is 97.2 Å². The number of methoxy groups -OCH3 is 1. The van der Waals surface area contributed by atoms with Crippen LogP contribution in [0.1, 0.15) is 0 Å². The third-order valence-electron chi connectivity index (χ3n) is 1.98. The second kappa shape index (κ2) is 4.77. The number of halogens is 1. The number of rotatable bonds is 4. The van der Waals surface area contributed by atoms with Crippen LogP contribution >= 0.6 is 23.4 Å². The number of alkyl halides is 1. The first kappa shape index (κ1) is 10.6. The number of fused-ring (bicyclic) bond motifs is 1. The van der Waals surface area contributed by atoms with Crippen LogP contribution < -0.4 is 4.74 Å². The summed E-state index contributed by atoms with van der Waals surface area (Å²) in [7, 11) is 1.65. The molecule has 2 aromatic rings. The number of ether oxygens (including phenoxy) is 1. The van der Waals surface area contributed by atoms with Crippen LogP contribution in [0.15, 0.2) is 23.4 Å². The molecule has 80 valence electrons. The van der Waals surface area contributed by atoms with Gasteiger partial charge in [0.05, 0.1) is 18.1 Å².